The fourth-order valence-electron chi connectivity index (χ4n) is 3.85. The van der Waals surface area contributed by atoms with E-state index in [0.717, 1.165) is 38.1 Å². The van der Waals surface area contributed by atoms with Crippen LogP contribution < -0.4 is 0 Å². The topological polar surface area (TPSA) is 52.4 Å². The van der Waals surface area contributed by atoms with E-state index in [4.69, 9.17) is 9.47 Å². The summed E-state index contributed by atoms with van der Waals surface area (Å²) >= 11 is 0. The average molecular weight is 328 g/mol. The number of rotatable bonds is 5. The number of fused-ring (bicyclic) bond motifs is 2. The van der Waals surface area contributed by atoms with Crippen molar-refractivity contribution in [3.05, 3.63) is 48.0 Å². The molecule has 1 aliphatic carbocycles. The monoisotopic (exact) mass is 328 g/mol. The zero-order chi connectivity index (χ0) is 16.4. The Morgan fingerprint density at radius 3 is 3.04 bits per heavy atom. The number of hydrogen-bond acceptors (Lipinski definition) is 5. The smallest absolute Gasteiger partial charge is 0.0995 e. The van der Waals surface area contributed by atoms with Gasteiger partial charge in [0, 0.05) is 50.3 Å². The maximum atomic E-state index is 6.28. The third kappa shape index (κ3) is 3.36. The standard InChI is InChI=1S/C18H24N4O2/c1-21-11-15(10-20-21)12-22-7-8-23-17-5-4-16(22)18(17)24-13-14-3-2-6-19-9-14/h2-3,6,9-11,16-18H,4-5,7-8,12-13H2,1H3. The predicted molar refractivity (Wildman–Crippen MR) is 89.2 cm³/mol. The van der Waals surface area contributed by atoms with Crippen molar-refractivity contribution in [1.82, 2.24) is 19.7 Å². The van der Waals surface area contributed by atoms with Gasteiger partial charge in [0.15, 0.2) is 0 Å². The highest BCUT2D eigenvalue weighted by Gasteiger charge is 2.43. The van der Waals surface area contributed by atoms with E-state index in [1.165, 1.54) is 5.56 Å². The maximum absolute atomic E-state index is 6.28. The molecule has 2 aliphatic rings. The summed E-state index contributed by atoms with van der Waals surface area (Å²) < 4.78 is 14.2. The third-order valence-corrected chi connectivity index (χ3v) is 4.98. The molecule has 2 bridgehead atoms. The van der Waals surface area contributed by atoms with E-state index in [-0.39, 0.29) is 12.2 Å². The highest BCUT2D eigenvalue weighted by atomic mass is 16.5. The van der Waals surface area contributed by atoms with E-state index >= 15 is 0 Å². The average Bonchev–Trinajstić information content (AvgIpc) is 3.13. The van der Waals surface area contributed by atoms with E-state index in [9.17, 15) is 0 Å². The molecule has 0 N–H and O–H groups in total. The predicted octanol–water partition coefficient (Wildman–Crippen LogP) is 1.76. The van der Waals surface area contributed by atoms with Gasteiger partial charge in [0.05, 0.1) is 31.6 Å². The molecule has 2 aromatic heterocycles. The minimum Gasteiger partial charge on any atom is -0.374 e. The summed E-state index contributed by atoms with van der Waals surface area (Å²) in [5.41, 5.74) is 2.36. The normalized spacial score (nSPS) is 27.3. The molecule has 6 nitrogen and oxygen atoms in total. The molecule has 1 saturated carbocycles. The zero-order valence-electron chi connectivity index (χ0n) is 14.0. The molecule has 1 aliphatic heterocycles. The Labute approximate surface area is 142 Å². The van der Waals surface area contributed by atoms with Gasteiger partial charge in [0.1, 0.15) is 0 Å². The van der Waals surface area contributed by atoms with Crippen LogP contribution in [0.15, 0.2) is 36.9 Å². The van der Waals surface area contributed by atoms with Gasteiger partial charge in [-0.25, -0.2) is 0 Å². The molecule has 3 atom stereocenters. The molecule has 24 heavy (non-hydrogen) atoms. The molecule has 0 spiro atoms. The van der Waals surface area contributed by atoms with Crippen molar-refractivity contribution in [2.24, 2.45) is 7.05 Å². The second-order valence-corrected chi connectivity index (χ2v) is 6.68. The number of pyridine rings is 1. The Bertz CT molecular complexity index is 660. The van der Waals surface area contributed by atoms with Crippen molar-refractivity contribution < 1.29 is 9.47 Å². The van der Waals surface area contributed by atoms with Crippen LogP contribution in [0.4, 0.5) is 0 Å². The number of nitrogens with zero attached hydrogens (tertiary/aromatic N) is 4. The number of aromatic nitrogens is 3. The molecule has 0 aromatic carbocycles. The van der Waals surface area contributed by atoms with Gasteiger partial charge in [-0.05, 0) is 24.5 Å². The van der Waals surface area contributed by atoms with Crippen LogP contribution in [0.25, 0.3) is 0 Å². The van der Waals surface area contributed by atoms with Crippen molar-refractivity contribution in [2.75, 3.05) is 13.2 Å². The summed E-state index contributed by atoms with van der Waals surface area (Å²) in [6, 6.07) is 4.42. The van der Waals surface area contributed by atoms with Crippen molar-refractivity contribution in [3.8, 4) is 0 Å². The van der Waals surface area contributed by atoms with Crippen molar-refractivity contribution in [1.29, 1.82) is 0 Å². The van der Waals surface area contributed by atoms with Gasteiger partial charge >= 0.3 is 0 Å². The van der Waals surface area contributed by atoms with Crippen molar-refractivity contribution in [2.45, 2.75) is 44.2 Å². The molecular weight excluding hydrogens is 304 g/mol. The second kappa shape index (κ2) is 7.01. The number of aryl methyl sites for hydroxylation is 1. The van der Waals surface area contributed by atoms with Crippen LogP contribution in [-0.4, -0.2) is 51.1 Å². The van der Waals surface area contributed by atoms with Crippen LogP contribution in [0.3, 0.4) is 0 Å². The van der Waals surface area contributed by atoms with Crippen LogP contribution in [-0.2, 0) is 29.7 Å². The first-order valence-corrected chi connectivity index (χ1v) is 8.63. The summed E-state index contributed by atoms with van der Waals surface area (Å²) in [4.78, 5) is 6.66. The Kier molecular flexibility index (Phi) is 4.60. The molecule has 0 amide bonds. The summed E-state index contributed by atoms with van der Waals surface area (Å²) in [6.45, 7) is 3.22. The number of hydrogen-bond donors (Lipinski definition) is 0. The minimum absolute atomic E-state index is 0.129. The summed E-state index contributed by atoms with van der Waals surface area (Å²) in [5, 5.41) is 4.28. The van der Waals surface area contributed by atoms with Gasteiger partial charge in [-0.2, -0.15) is 5.10 Å². The van der Waals surface area contributed by atoms with Crippen LogP contribution in [0, 0.1) is 0 Å². The van der Waals surface area contributed by atoms with E-state index in [2.05, 4.69) is 27.2 Å². The number of ether oxygens (including phenoxy) is 2. The highest BCUT2D eigenvalue weighted by molar-refractivity contribution is 5.08. The van der Waals surface area contributed by atoms with E-state index in [0.29, 0.717) is 12.6 Å². The Morgan fingerprint density at radius 1 is 1.29 bits per heavy atom. The van der Waals surface area contributed by atoms with Gasteiger partial charge in [-0.1, -0.05) is 6.07 Å². The van der Waals surface area contributed by atoms with Crippen molar-refractivity contribution >= 4 is 0 Å². The van der Waals surface area contributed by atoms with Crippen LogP contribution in [0.2, 0.25) is 0 Å². The Hall–Kier alpha value is -1.76. The van der Waals surface area contributed by atoms with Crippen LogP contribution in [0.5, 0.6) is 0 Å². The van der Waals surface area contributed by atoms with E-state index < -0.39 is 0 Å². The summed E-state index contributed by atoms with van der Waals surface area (Å²) in [7, 11) is 1.96. The first-order valence-electron chi connectivity index (χ1n) is 8.63. The molecule has 2 fully saturated rings. The lowest BCUT2D eigenvalue weighted by Gasteiger charge is -2.30. The first kappa shape index (κ1) is 15.7. The first-order chi connectivity index (χ1) is 11.8. The van der Waals surface area contributed by atoms with Gasteiger partial charge < -0.3 is 9.47 Å². The van der Waals surface area contributed by atoms with Crippen molar-refractivity contribution in [3.63, 3.8) is 0 Å². The summed E-state index contributed by atoms with van der Waals surface area (Å²) in [6.07, 6.45) is 10.2. The van der Waals surface area contributed by atoms with Gasteiger partial charge in [0.25, 0.3) is 0 Å². The molecule has 3 unspecified atom stereocenters. The molecule has 1 saturated heterocycles. The highest BCUT2D eigenvalue weighted by Crippen LogP contribution is 2.33. The Balaban J connectivity index is 1.45. The largest absolute Gasteiger partial charge is 0.374 e. The lowest BCUT2D eigenvalue weighted by atomic mass is 10.1. The molecule has 2 aromatic rings. The third-order valence-electron chi connectivity index (χ3n) is 4.98. The summed E-state index contributed by atoms with van der Waals surface area (Å²) in [5.74, 6) is 0. The fourth-order valence-corrected chi connectivity index (χ4v) is 3.85. The lowest BCUT2D eigenvalue weighted by Crippen LogP contribution is -2.42. The lowest BCUT2D eigenvalue weighted by molar-refractivity contribution is -0.0614. The Morgan fingerprint density at radius 2 is 2.25 bits per heavy atom. The minimum atomic E-state index is 0.129. The van der Waals surface area contributed by atoms with E-state index in [1.807, 2.05) is 30.2 Å². The molecule has 4 rings (SSSR count). The van der Waals surface area contributed by atoms with Gasteiger partial charge in [-0.3, -0.25) is 14.6 Å². The van der Waals surface area contributed by atoms with Crippen LogP contribution in [0.1, 0.15) is 24.0 Å². The molecule has 0 radical (unpaired) electrons. The fraction of sp³-hybridized carbons (Fsp3) is 0.556. The van der Waals surface area contributed by atoms with E-state index in [1.54, 1.807) is 6.20 Å². The SMILES string of the molecule is Cn1cc(CN2CCOC3CCC2C3OCc2cccnc2)cn1. The molecule has 128 valence electrons. The van der Waals surface area contributed by atoms with Gasteiger partial charge in [0.2, 0.25) is 0 Å². The quantitative estimate of drug-likeness (QED) is 0.837. The zero-order valence-corrected chi connectivity index (χ0v) is 14.0. The maximum Gasteiger partial charge on any atom is 0.0995 e. The molecule has 6 heteroatoms. The molecule has 3 heterocycles. The van der Waals surface area contributed by atoms with Crippen LogP contribution >= 0.6 is 0 Å². The van der Waals surface area contributed by atoms with Gasteiger partial charge in [-0.15, -0.1) is 0 Å². The second-order valence-electron chi connectivity index (χ2n) is 6.68. The molecular formula is C18H24N4O2.